The van der Waals surface area contributed by atoms with E-state index in [1.807, 2.05) is 88.3 Å². The van der Waals surface area contributed by atoms with Gasteiger partial charge in [-0.25, -0.2) is 0 Å². The molecule has 102 heavy (non-hydrogen) atoms. The Bertz CT molecular complexity index is 4430. The minimum absolute atomic E-state index is 0.0770. The molecule has 0 unspecified atom stereocenters. The number of benzene rings is 8. The molecule has 13 rings (SSSR count). The van der Waals surface area contributed by atoms with Gasteiger partial charge >= 0.3 is 22.7 Å². The maximum Gasteiger partial charge on any atom is 0.534 e. The lowest BCUT2D eigenvalue weighted by atomic mass is 9.79. The largest absolute Gasteiger partial charge is 0.534 e. The van der Waals surface area contributed by atoms with Gasteiger partial charge in [0.2, 0.25) is 0 Å². The Morgan fingerprint density at radius 2 is 0.892 bits per heavy atom. The first-order valence-electron chi connectivity index (χ1n) is 33.9. The summed E-state index contributed by atoms with van der Waals surface area (Å²) in [7, 11) is -8.30. The third-order valence-corrected chi connectivity index (χ3v) is 32.8. The van der Waals surface area contributed by atoms with Gasteiger partial charge in [-0.3, -0.25) is 0 Å². The molecular formula is C79H99BF3NO13P4S. The van der Waals surface area contributed by atoms with Crippen LogP contribution in [0.15, 0.2) is 164 Å². The van der Waals surface area contributed by atoms with Crippen molar-refractivity contribution in [3.8, 4) is 67.9 Å². The first-order valence-corrected chi connectivity index (χ1v) is 42.2. The maximum absolute atomic E-state index is 13.6. The highest BCUT2D eigenvalue weighted by atomic mass is 32.2. The smallest absolute Gasteiger partial charge is 0.496 e. The highest BCUT2D eigenvalue weighted by Crippen LogP contribution is 2.65. The van der Waals surface area contributed by atoms with E-state index < -0.39 is 47.9 Å². The van der Waals surface area contributed by atoms with Crippen molar-refractivity contribution in [2.24, 2.45) is 0 Å². The van der Waals surface area contributed by atoms with Crippen molar-refractivity contribution in [2.75, 3.05) is 64.7 Å². The van der Waals surface area contributed by atoms with E-state index in [0.717, 1.165) is 77.1 Å². The number of fused-ring (bicyclic) bond motifs is 4. The van der Waals surface area contributed by atoms with Gasteiger partial charge < -0.3 is 56.7 Å². The molecule has 5 aliphatic heterocycles. The number of hydrogen-bond acceptors (Lipinski definition) is 14. The van der Waals surface area contributed by atoms with Crippen molar-refractivity contribution in [2.45, 2.75) is 143 Å². The average molecular weight is 1490 g/mol. The van der Waals surface area contributed by atoms with Gasteiger partial charge in [0, 0.05) is 64.9 Å². The van der Waals surface area contributed by atoms with Crippen LogP contribution in [0.4, 0.5) is 18.9 Å². The third kappa shape index (κ3) is 18.2. The molecule has 14 nitrogen and oxygen atoms in total. The topological polar surface area (TPSA) is 177 Å². The van der Waals surface area contributed by atoms with E-state index in [-0.39, 0.29) is 48.7 Å². The lowest BCUT2D eigenvalue weighted by Crippen LogP contribution is -2.34. The first kappa shape index (κ1) is 81.0. The summed E-state index contributed by atoms with van der Waals surface area (Å²) < 4.78 is 124. The van der Waals surface area contributed by atoms with E-state index in [1.165, 1.54) is 74.5 Å². The average Bonchev–Trinajstić information content (AvgIpc) is 1.57. The van der Waals surface area contributed by atoms with E-state index in [0.29, 0.717) is 11.8 Å². The summed E-state index contributed by atoms with van der Waals surface area (Å²) in [5.74, 6) is 3.33. The van der Waals surface area contributed by atoms with Crippen LogP contribution in [0.25, 0.3) is 33.4 Å². The van der Waals surface area contributed by atoms with Gasteiger partial charge in [0.15, 0.2) is 20.0 Å². The molecule has 0 aliphatic carbocycles. The summed E-state index contributed by atoms with van der Waals surface area (Å²) in [4.78, 5) is 1.84. The first-order chi connectivity index (χ1) is 47.7. The number of alkyl halides is 3. The minimum Gasteiger partial charge on any atom is -0.496 e. The normalized spacial score (nSPS) is 18.5. The van der Waals surface area contributed by atoms with Crippen LogP contribution in [0.1, 0.15) is 113 Å². The van der Waals surface area contributed by atoms with Gasteiger partial charge in [0.05, 0.1) is 12.4 Å². The zero-order valence-corrected chi connectivity index (χ0v) is 66.4. The molecule has 8 aromatic rings. The zero-order valence-electron chi connectivity index (χ0n) is 62.0. The van der Waals surface area contributed by atoms with Crippen molar-refractivity contribution >= 4 is 79.7 Å². The van der Waals surface area contributed by atoms with Crippen molar-refractivity contribution in [3.05, 3.63) is 180 Å². The Hall–Kier alpha value is -6.64. The molecule has 4 atom stereocenters. The predicted octanol–water partition coefficient (Wildman–Crippen LogP) is 17.9. The summed E-state index contributed by atoms with van der Waals surface area (Å²) in [6.07, 6.45) is 4.34. The standard InChI is InChI=1S/C19H23O2P.C18H21O2P.C18H21OP.C12H14F3O5PS.C8H12BNO2.C4H8O/c1-13-8-6-10-15(20-5)17(13)14-9-7-11-16-18(14)22(12-21-16)19(2,3)4;1-13-8-5-6-9-14(13)15-10-7-11-16-17(15)21(19,12-20-16)18(2,3)4;1-13-8-5-6-9-14(13)15-10-7-11-16-17(15)20(12-19-16)18(2,3)4;1-11(2,3)21(16)7-19-8-5-4-6-9(10(8)21)20-22(17,18)12(13,14)15;1-10(2)8-6-4-3-5-7(8)9(11)12;1-2-4-5-3-1/h6-11H,12H2,1-5H3;5-11H,12H2,1-4H3;5-11H,12H2,1-4H3;4-6H,7H2,1-3H3;3-6,11-12H,1-2H3;1-4H2/t22-;21-;20-;21-;;/m0101../s1. The Balaban J connectivity index is 0.000000160. The molecule has 548 valence electrons. The van der Waals surface area contributed by atoms with E-state index in [9.17, 15) is 30.7 Å². The van der Waals surface area contributed by atoms with Gasteiger partial charge in [-0.2, -0.15) is 21.6 Å². The molecule has 5 aliphatic rings. The summed E-state index contributed by atoms with van der Waals surface area (Å²) >= 11 is 0. The number of anilines is 1. The lowest BCUT2D eigenvalue weighted by molar-refractivity contribution is -0.0499. The zero-order chi connectivity index (χ0) is 75.1. The predicted molar refractivity (Wildman–Crippen MR) is 418 cm³/mol. The van der Waals surface area contributed by atoms with E-state index in [2.05, 4.69) is 151 Å². The Morgan fingerprint density at radius 1 is 0.490 bits per heavy atom. The second-order valence-corrected chi connectivity index (χ2v) is 44.0. The van der Waals surface area contributed by atoms with E-state index in [1.54, 1.807) is 40.0 Å². The molecule has 1 fully saturated rings. The highest BCUT2D eigenvalue weighted by Gasteiger charge is 2.52. The summed E-state index contributed by atoms with van der Waals surface area (Å²) in [6.45, 7) is 33.4. The maximum atomic E-state index is 13.6. The van der Waals surface area contributed by atoms with E-state index >= 15 is 0 Å². The highest BCUT2D eigenvalue weighted by molar-refractivity contribution is 7.88. The van der Waals surface area contributed by atoms with Crippen LogP contribution < -0.4 is 59.4 Å². The molecule has 0 spiro atoms. The molecule has 5 heterocycles. The van der Waals surface area contributed by atoms with Crippen molar-refractivity contribution in [1.29, 1.82) is 0 Å². The number of ether oxygens (including phenoxy) is 6. The monoisotopic (exact) mass is 1490 g/mol. The van der Waals surface area contributed by atoms with Crippen LogP contribution in [0.2, 0.25) is 0 Å². The second kappa shape index (κ2) is 32.8. The van der Waals surface area contributed by atoms with Crippen molar-refractivity contribution in [1.82, 2.24) is 0 Å². The molecule has 0 saturated carbocycles. The number of halogens is 3. The number of hydrogen-bond donors (Lipinski definition) is 2. The Labute approximate surface area is 605 Å². The SMILES string of the molecule is C1CCOC1.CC(C)(C)[P@@]1(=O)COc2cccc(OS(=O)(=O)C(F)(F)F)c21.CN(C)c1ccccc1B(O)O.COc1cccc(C)c1-c1cccc2c1[P@@](C(C)(C)C)CO2.Cc1ccccc1-c1cccc2c1[P@@](=O)(C(C)(C)C)CO2.Cc1ccccc1-c1cccc2c1[P@@](C(C)(C)C)CO2. The summed E-state index contributed by atoms with van der Waals surface area (Å²) in [5.41, 5.74) is 6.92. The molecule has 2 N–H and O–H groups in total. The summed E-state index contributed by atoms with van der Waals surface area (Å²) in [5, 5.41) is 21.0. The molecular weight excluding hydrogens is 1390 g/mol. The van der Waals surface area contributed by atoms with Gasteiger partial charge in [0.1, 0.15) is 59.4 Å². The number of para-hydroxylation sites is 1. The molecule has 0 radical (unpaired) electrons. The van der Waals surface area contributed by atoms with Crippen molar-refractivity contribution < 1.29 is 73.4 Å². The van der Waals surface area contributed by atoms with Crippen LogP contribution >= 0.6 is 30.1 Å². The van der Waals surface area contributed by atoms with Gasteiger partial charge in [0.25, 0.3) is 0 Å². The number of rotatable bonds is 8. The fraction of sp³-hybridized carbons (Fsp3) is 0.392. The van der Waals surface area contributed by atoms with Crippen molar-refractivity contribution in [3.63, 3.8) is 0 Å². The molecule has 1 saturated heterocycles. The second-order valence-electron chi connectivity index (χ2n) is 29.6. The molecule has 23 heteroatoms. The fourth-order valence-corrected chi connectivity index (χ4v) is 22.5. The molecule has 0 bridgehead atoms. The van der Waals surface area contributed by atoms with Crippen LogP contribution in [0.5, 0.6) is 34.5 Å². The number of methoxy groups -OCH3 is 1. The fourth-order valence-electron chi connectivity index (χ4n) is 12.2. The van der Waals surface area contributed by atoms with Gasteiger partial charge in [-0.15, -0.1) is 0 Å². The van der Waals surface area contributed by atoms with Crippen LogP contribution in [0, 0.1) is 20.8 Å². The Morgan fingerprint density at radius 3 is 1.34 bits per heavy atom. The van der Waals surface area contributed by atoms with Crippen LogP contribution in [-0.4, -0.2) is 112 Å². The number of nitrogens with zero attached hydrogens (tertiary/aromatic N) is 1. The quantitative estimate of drug-likeness (QED) is 0.0636. The van der Waals surface area contributed by atoms with E-state index in [4.69, 9.17) is 38.5 Å². The van der Waals surface area contributed by atoms with Crippen LogP contribution in [0.3, 0.4) is 0 Å². The summed E-state index contributed by atoms with van der Waals surface area (Å²) in [6, 6.07) is 52.8. The number of aryl methyl sites for hydroxylation is 3. The minimum atomic E-state index is -5.84. The van der Waals surface area contributed by atoms with Gasteiger partial charge in [-0.1, -0.05) is 204 Å². The third-order valence-electron chi connectivity index (χ3n) is 18.1. The molecule has 0 aromatic heterocycles. The molecule has 8 aromatic carbocycles. The van der Waals surface area contributed by atoms with Gasteiger partial charge in [-0.05, 0) is 147 Å². The lowest BCUT2D eigenvalue weighted by Gasteiger charge is -2.28. The molecule has 0 amide bonds. The van der Waals surface area contributed by atoms with Crippen LogP contribution in [-0.2, 0) is 24.0 Å². The Kier molecular flexibility index (Phi) is 26.1.